The lowest BCUT2D eigenvalue weighted by molar-refractivity contribution is -0.144. The van der Waals surface area contributed by atoms with Crippen molar-refractivity contribution in [3.05, 3.63) is 34.3 Å². The van der Waals surface area contributed by atoms with Crippen molar-refractivity contribution in [3.63, 3.8) is 0 Å². The van der Waals surface area contributed by atoms with Gasteiger partial charge >= 0.3 is 5.97 Å². The highest BCUT2D eigenvalue weighted by atomic mass is 79.9. The minimum atomic E-state index is -0.254. The summed E-state index contributed by atoms with van der Waals surface area (Å²) in [4.78, 5) is 18.0. The third-order valence-electron chi connectivity index (χ3n) is 3.18. The molecule has 122 valence electrons. The van der Waals surface area contributed by atoms with Crippen LogP contribution in [0.3, 0.4) is 0 Å². The topological polar surface area (TPSA) is 53.9 Å². The van der Waals surface area contributed by atoms with Gasteiger partial charge in [-0.3, -0.25) is 9.79 Å². The number of rotatable bonds is 6. The molecule has 0 radical (unpaired) electrons. The van der Waals surface area contributed by atoms with Crippen molar-refractivity contribution in [2.24, 2.45) is 10.9 Å². The van der Waals surface area contributed by atoms with Crippen LogP contribution in [0, 0.1) is 5.92 Å². The monoisotopic (exact) mass is 369 g/mol. The summed E-state index contributed by atoms with van der Waals surface area (Å²) in [6.07, 6.45) is 0. The first-order valence-corrected chi connectivity index (χ1v) is 8.09. The van der Waals surface area contributed by atoms with Crippen molar-refractivity contribution in [1.29, 1.82) is 0 Å². The van der Waals surface area contributed by atoms with E-state index < -0.39 is 0 Å². The van der Waals surface area contributed by atoms with Crippen LogP contribution in [0.4, 0.5) is 0 Å². The Morgan fingerprint density at radius 3 is 2.73 bits per heavy atom. The van der Waals surface area contributed by atoms with Crippen molar-refractivity contribution < 1.29 is 9.53 Å². The predicted molar refractivity (Wildman–Crippen MR) is 92.8 cm³/mol. The van der Waals surface area contributed by atoms with E-state index in [1.54, 1.807) is 0 Å². The van der Waals surface area contributed by atoms with E-state index in [1.807, 2.05) is 44.0 Å². The molecule has 1 unspecified atom stereocenters. The molecule has 0 spiro atoms. The molecule has 0 aliphatic rings. The van der Waals surface area contributed by atoms with Gasteiger partial charge in [-0.2, -0.15) is 0 Å². The van der Waals surface area contributed by atoms with Crippen LogP contribution in [0.2, 0.25) is 0 Å². The molecule has 1 aromatic rings. The molecule has 5 nitrogen and oxygen atoms in total. The molecule has 0 saturated carbocycles. The molecule has 1 atom stereocenters. The largest absolute Gasteiger partial charge is 0.469 e. The van der Waals surface area contributed by atoms with Gasteiger partial charge in [0, 0.05) is 24.6 Å². The molecule has 0 aromatic heterocycles. The summed E-state index contributed by atoms with van der Waals surface area (Å²) in [6.45, 7) is 5.72. The van der Waals surface area contributed by atoms with Gasteiger partial charge in [0.15, 0.2) is 5.96 Å². The van der Waals surface area contributed by atoms with E-state index >= 15 is 0 Å². The molecule has 0 fully saturated rings. The number of hydrogen-bond acceptors (Lipinski definition) is 3. The number of carbonyl (C=O) groups excluding carboxylic acids is 1. The first kappa shape index (κ1) is 18.5. The number of benzene rings is 1. The fourth-order valence-electron chi connectivity index (χ4n) is 1.93. The van der Waals surface area contributed by atoms with Crippen LogP contribution < -0.4 is 5.32 Å². The Balaban J connectivity index is 2.76. The van der Waals surface area contributed by atoms with Gasteiger partial charge in [-0.15, -0.1) is 0 Å². The molecule has 0 aliphatic heterocycles. The number of halogens is 1. The molecular weight excluding hydrogens is 346 g/mol. The fraction of sp³-hybridized carbons (Fsp3) is 0.500. The summed E-state index contributed by atoms with van der Waals surface area (Å²) in [6, 6.07) is 8.09. The maximum Gasteiger partial charge on any atom is 0.310 e. The zero-order chi connectivity index (χ0) is 16.5. The minimum Gasteiger partial charge on any atom is -0.469 e. The van der Waals surface area contributed by atoms with Gasteiger partial charge in [-0.25, -0.2) is 0 Å². The molecule has 0 aliphatic carbocycles. The van der Waals surface area contributed by atoms with Gasteiger partial charge in [-0.05, 0) is 18.6 Å². The smallest absolute Gasteiger partial charge is 0.310 e. The molecule has 6 heteroatoms. The number of ether oxygens (including phenoxy) is 1. The minimum absolute atomic E-state index is 0.243. The molecular formula is C16H24BrN3O2. The normalized spacial score (nSPS) is 12.7. The second-order valence-corrected chi connectivity index (χ2v) is 5.92. The molecule has 0 heterocycles. The lowest BCUT2D eigenvalue weighted by atomic mass is 10.2. The van der Waals surface area contributed by atoms with E-state index in [0.717, 1.165) is 23.5 Å². The lowest BCUT2D eigenvalue weighted by Gasteiger charge is -2.23. The summed E-state index contributed by atoms with van der Waals surface area (Å²) < 4.78 is 5.80. The van der Waals surface area contributed by atoms with Crippen LogP contribution >= 0.6 is 15.9 Å². The highest BCUT2D eigenvalue weighted by Crippen LogP contribution is 2.17. The van der Waals surface area contributed by atoms with E-state index in [2.05, 4.69) is 32.3 Å². The van der Waals surface area contributed by atoms with Gasteiger partial charge in [0.25, 0.3) is 0 Å². The molecule has 1 rings (SSSR count). The van der Waals surface area contributed by atoms with Gasteiger partial charge in [0.2, 0.25) is 0 Å². The number of guanidine groups is 1. The van der Waals surface area contributed by atoms with E-state index in [-0.39, 0.29) is 11.9 Å². The Morgan fingerprint density at radius 2 is 2.14 bits per heavy atom. The predicted octanol–water partition coefficient (Wildman–Crippen LogP) is 2.66. The van der Waals surface area contributed by atoms with Crippen LogP contribution in [-0.2, 0) is 16.1 Å². The average molecular weight is 370 g/mol. The Labute approximate surface area is 140 Å². The first-order chi connectivity index (χ1) is 10.5. The van der Waals surface area contributed by atoms with E-state index in [1.165, 1.54) is 12.7 Å². The molecule has 0 amide bonds. The van der Waals surface area contributed by atoms with Crippen LogP contribution in [0.25, 0.3) is 0 Å². The Kier molecular flexibility index (Phi) is 7.95. The van der Waals surface area contributed by atoms with Gasteiger partial charge in [0.05, 0.1) is 19.6 Å². The van der Waals surface area contributed by atoms with Crippen LogP contribution in [0.5, 0.6) is 0 Å². The van der Waals surface area contributed by atoms with E-state index in [9.17, 15) is 4.79 Å². The summed E-state index contributed by atoms with van der Waals surface area (Å²) in [5.74, 6) is 0.276. The van der Waals surface area contributed by atoms with E-state index in [4.69, 9.17) is 4.74 Å². The number of carbonyl (C=O) groups is 1. The van der Waals surface area contributed by atoms with Crippen molar-refractivity contribution in [3.8, 4) is 0 Å². The molecule has 1 N–H and O–H groups in total. The van der Waals surface area contributed by atoms with Gasteiger partial charge in [-0.1, -0.05) is 41.1 Å². The Bertz CT molecular complexity index is 520. The summed E-state index contributed by atoms with van der Waals surface area (Å²) >= 11 is 3.56. The SMILES string of the molecule is CCNC(=NCC(C)C(=O)OC)N(C)Cc1ccccc1Br. The summed E-state index contributed by atoms with van der Waals surface area (Å²) in [5.41, 5.74) is 1.18. The second-order valence-electron chi connectivity index (χ2n) is 5.07. The molecule has 1 aromatic carbocycles. The summed E-state index contributed by atoms with van der Waals surface area (Å²) in [5, 5.41) is 3.24. The Morgan fingerprint density at radius 1 is 1.45 bits per heavy atom. The third-order valence-corrected chi connectivity index (χ3v) is 3.95. The van der Waals surface area contributed by atoms with Gasteiger partial charge < -0.3 is 15.0 Å². The van der Waals surface area contributed by atoms with Crippen LogP contribution in [0.1, 0.15) is 19.4 Å². The number of esters is 1. The van der Waals surface area contributed by atoms with Crippen LogP contribution in [-0.4, -0.2) is 44.1 Å². The number of methoxy groups -OCH3 is 1. The average Bonchev–Trinajstić information content (AvgIpc) is 2.52. The molecule has 0 saturated heterocycles. The maximum atomic E-state index is 11.5. The highest BCUT2D eigenvalue weighted by molar-refractivity contribution is 9.10. The quantitative estimate of drug-likeness (QED) is 0.475. The number of nitrogens with one attached hydrogen (secondary N) is 1. The van der Waals surface area contributed by atoms with E-state index in [0.29, 0.717) is 6.54 Å². The number of aliphatic imine (C=N–C) groups is 1. The van der Waals surface area contributed by atoms with Crippen molar-refractivity contribution in [2.75, 3.05) is 27.2 Å². The standard InChI is InChI=1S/C16H24BrN3O2/c1-5-18-16(19-10-12(2)15(21)22-4)20(3)11-13-8-6-7-9-14(13)17/h6-9,12H,5,10-11H2,1-4H3,(H,18,19). The zero-order valence-electron chi connectivity index (χ0n) is 13.6. The number of hydrogen-bond donors (Lipinski definition) is 1. The molecule has 22 heavy (non-hydrogen) atoms. The van der Waals surface area contributed by atoms with Crippen molar-refractivity contribution in [1.82, 2.24) is 10.2 Å². The fourth-order valence-corrected chi connectivity index (χ4v) is 2.34. The second kappa shape index (κ2) is 9.46. The third kappa shape index (κ3) is 5.67. The highest BCUT2D eigenvalue weighted by Gasteiger charge is 2.14. The lowest BCUT2D eigenvalue weighted by Crippen LogP contribution is -2.39. The molecule has 0 bridgehead atoms. The summed E-state index contributed by atoms with van der Waals surface area (Å²) in [7, 11) is 3.37. The first-order valence-electron chi connectivity index (χ1n) is 7.30. The van der Waals surface area contributed by atoms with Gasteiger partial charge in [0.1, 0.15) is 0 Å². The number of nitrogens with zero attached hydrogens (tertiary/aromatic N) is 2. The van der Waals surface area contributed by atoms with Crippen LogP contribution in [0.15, 0.2) is 33.7 Å². The maximum absolute atomic E-state index is 11.5. The van der Waals surface area contributed by atoms with Crippen molar-refractivity contribution >= 4 is 27.9 Å². The Hall–Kier alpha value is -1.56. The zero-order valence-corrected chi connectivity index (χ0v) is 15.2. The van der Waals surface area contributed by atoms with Crippen molar-refractivity contribution in [2.45, 2.75) is 20.4 Å².